The molecule has 0 bridgehead atoms. The minimum Gasteiger partial charge on any atom is -0.375 e. The van der Waals surface area contributed by atoms with Crippen LogP contribution in [0.15, 0.2) is 18.2 Å². The van der Waals surface area contributed by atoms with E-state index in [1.54, 1.807) is 6.07 Å². The first-order valence-electron chi connectivity index (χ1n) is 7.01. The van der Waals surface area contributed by atoms with Crippen LogP contribution in [0.5, 0.6) is 0 Å². The molecule has 6 nitrogen and oxygen atoms in total. The molecule has 0 aromatic heterocycles. The molecule has 22 heavy (non-hydrogen) atoms. The lowest BCUT2D eigenvalue weighted by Crippen LogP contribution is -2.53. The summed E-state index contributed by atoms with van der Waals surface area (Å²) in [6, 6.07) is 5.05. The van der Waals surface area contributed by atoms with Gasteiger partial charge in [0, 0.05) is 24.8 Å². The van der Waals surface area contributed by atoms with E-state index in [1.807, 2.05) is 26.0 Å². The molecule has 0 saturated carbocycles. The highest BCUT2D eigenvalue weighted by atomic mass is 35.5. The zero-order valence-electron chi connectivity index (χ0n) is 12.9. The van der Waals surface area contributed by atoms with Crippen LogP contribution in [-0.4, -0.2) is 37.1 Å². The maximum Gasteiger partial charge on any atom is 0.244 e. The molecule has 1 heterocycles. The third kappa shape index (κ3) is 4.69. The molecule has 122 valence electrons. The molecule has 1 aromatic rings. The summed E-state index contributed by atoms with van der Waals surface area (Å²) in [5, 5.41) is 8.73. The highest BCUT2D eigenvalue weighted by molar-refractivity contribution is 5.97. The van der Waals surface area contributed by atoms with E-state index in [0.717, 1.165) is 5.56 Å². The Bertz CT molecular complexity index is 551. The number of carbonyl (C=O) groups is 2. The number of carbonyl (C=O) groups excluding carboxylic acids is 2. The predicted molar refractivity (Wildman–Crippen MR) is 88.6 cm³/mol. The lowest BCUT2D eigenvalue weighted by Gasteiger charge is -2.29. The maximum atomic E-state index is 12.3. The molecule has 2 amide bonds. The second-order valence-electron chi connectivity index (χ2n) is 5.21. The number of hydrogen-bond acceptors (Lipinski definition) is 4. The SMILES string of the molecule is CC(=O)Nc1cc(NC(=O)[C@H]2NCCO[C@@H]2C)ccc1C.Cl. The fourth-order valence-electron chi connectivity index (χ4n) is 2.27. The Morgan fingerprint density at radius 2 is 2.05 bits per heavy atom. The zero-order chi connectivity index (χ0) is 15.4. The van der Waals surface area contributed by atoms with Gasteiger partial charge in [0.15, 0.2) is 0 Å². The fourth-order valence-corrected chi connectivity index (χ4v) is 2.27. The molecule has 1 aliphatic heterocycles. The van der Waals surface area contributed by atoms with Crippen molar-refractivity contribution >= 4 is 35.6 Å². The molecular formula is C15H22ClN3O3. The lowest BCUT2D eigenvalue weighted by molar-refractivity contribution is -0.123. The van der Waals surface area contributed by atoms with E-state index in [-0.39, 0.29) is 36.4 Å². The van der Waals surface area contributed by atoms with E-state index in [1.165, 1.54) is 6.92 Å². The van der Waals surface area contributed by atoms with Crippen molar-refractivity contribution in [1.82, 2.24) is 5.32 Å². The monoisotopic (exact) mass is 327 g/mol. The summed E-state index contributed by atoms with van der Waals surface area (Å²) in [7, 11) is 0. The topological polar surface area (TPSA) is 79.5 Å². The number of amides is 2. The van der Waals surface area contributed by atoms with Crippen molar-refractivity contribution in [2.75, 3.05) is 23.8 Å². The maximum absolute atomic E-state index is 12.3. The predicted octanol–water partition coefficient (Wildman–Crippen LogP) is 1.69. The van der Waals surface area contributed by atoms with Crippen LogP contribution in [0.3, 0.4) is 0 Å². The summed E-state index contributed by atoms with van der Waals surface area (Å²) in [4.78, 5) is 23.4. The van der Waals surface area contributed by atoms with Crippen molar-refractivity contribution in [3.8, 4) is 0 Å². The first-order chi connectivity index (χ1) is 9.97. The van der Waals surface area contributed by atoms with Crippen molar-refractivity contribution in [1.29, 1.82) is 0 Å². The second-order valence-corrected chi connectivity index (χ2v) is 5.21. The number of nitrogens with one attached hydrogen (secondary N) is 3. The van der Waals surface area contributed by atoms with Gasteiger partial charge in [-0.25, -0.2) is 0 Å². The molecule has 1 saturated heterocycles. The number of halogens is 1. The Hall–Kier alpha value is -1.63. The van der Waals surface area contributed by atoms with Crippen LogP contribution in [-0.2, 0) is 14.3 Å². The minimum atomic E-state index is -0.371. The van der Waals surface area contributed by atoms with Crippen LogP contribution in [0.1, 0.15) is 19.4 Å². The largest absolute Gasteiger partial charge is 0.375 e. The molecule has 7 heteroatoms. The highest BCUT2D eigenvalue weighted by Gasteiger charge is 2.28. The van der Waals surface area contributed by atoms with E-state index >= 15 is 0 Å². The summed E-state index contributed by atoms with van der Waals surface area (Å²) >= 11 is 0. The molecule has 3 N–H and O–H groups in total. The molecule has 1 aromatic carbocycles. The first kappa shape index (κ1) is 18.4. The third-order valence-corrected chi connectivity index (χ3v) is 3.41. The minimum absolute atomic E-state index is 0. The number of anilines is 2. The van der Waals surface area contributed by atoms with Crippen molar-refractivity contribution < 1.29 is 14.3 Å². The average Bonchev–Trinajstić information content (AvgIpc) is 2.42. The van der Waals surface area contributed by atoms with E-state index in [0.29, 0.717) is 24.5 Å². The van der Waals surface area contributed by atoms with Crippen molar-refractivity contribution in [3.05, 3.63) is 23.8 Å². The van der Waals surface area contributed by atoms with E-state index in [2.05, 4.69) is 16.0 Å². The number of morpholine rings is 1. The van der Waals surface area contributed by atoms with Gasteiger partial charge in [-0.05, 0) is 31.5 Å². The van der Waals surface area contributed by atoms with Crippen molar-refractivity contribution in [2.45, 2.75) is 32.9 Å². The number of ether oxygens (including phenoxy) is 1. The molecule has 0 radical (unpaired) electrons. The fraction of sp³-hybridized carbons (Fsp3) is 0.467. The highest BCUT2D eigenvalue weighted by Crippen LogP contribution is 2.20. The average molecular weight is 328 g/mol. The van der Waals surface area contributed by atoms with Crippen LogP contribution >= 0.6 is 12.4 Å². The summed E-state index contributed by atoms with van der Waals surface area (Å²) in [6.07, 6.45) is -0.168. The van der Waals surface area contributed by atoms with Gasteiger partial charge >= 0.3 is 0 Å². The van der Waals surface area contributed by atoms with E-state index < -0.39 is 0 Å². The van der Waals surface area contributed by atoms with Crippen molar-refractivity contribution in [2.24, 2.45) is 0 Å². The number of benzene rings is 1. The zero-order valence-corrected chi connectivity index (χ0v) is 13.8. The van der Waals surface area contributed by atoms with E-state index in [4.69, 9.17) is 4.74 Å². The Morgan fingerprint density at radius 3 is 2.68 bits per heavy atom. The van der Waals surface area contributed by atoms with Crippen molar-refractivity contribution in [3.63, 3.8) is 0 Å². The van der Waals surface area contributed by atoms with Crippen LogP contribution in [0.4, 0.5) is 11.4 Å². The van der Waals surface area contributed by atoms with Gasteiger partial charge in [-0.15, -0.1) is 12.4 Å². The van der Waals surface area contributed by atoms with Gasteiger partial charge in [0.1, 0.15) is 6.04 Å². The van der Waals surface area contributed by atoms with Crippen LogP contribution in [0, 0.1) is 6.92 Å². The summed E-state index contributed by atoms with van der Waals surface area (Å²) in [5.41, 5.74) is 2.28. The molecule has 2 atom stereocenters. The van der Waals surface area contributed by atoms with Gasteiger partial charge in [-0.1, -0.05) is 6.07 Å². The molecule has 1 fully saturated rings. The molecule has 0 spiro atoms. The van der Waals surface area contributed by atoms with Crippen LogP contribution in [0.25, 0.3) is 0 Å². The summed E-state index contributed by atoms with van der Waals surface area (Å²) in [6.45, 7) is 6.50. The first-order valence-corrected chi connectivity index (χ1v) is 7.01. The van der Waals surface area contributed by atoms with Gasteiger partial charge in [0.25, 0.3) is 0 Å². The standard InChI is InChI=1S/C15H21N3O3.ClH/c1-9-4-5-12(8-13(9)17-11(3)19)18-15(20)14-10(2)21-7-6-16-14;/h4-5,8,10,14,16H,6-7H2,1-3H3,(H,17,19)(H,18,20);1H/t10-,14+;/m1./s1. The molecule has 0 aliphatic carbocycles. The molecular weight excluding hydrogens is 306 g/mol. The summed E-state index contributed by atoms with van der Waals surface area (Å²) < 4.78 is 5.46. The number of aryl methyl sites for hydroxylation is 1. The van der Waals surface area contributed by atoms with Gasteiger partial charge in [-0.3, -0.25) is 9.59 Å². The summed E-state index contributed by atoms with van der Waals surface area (Å²) in [5.74, 6) is -0.280. The molecule has 1 aliphatic rings. The van der Waals surface area contributed by atoms with Gasteiger partial charge in [0.2, 0.25) is 11.8 Å². The van der Waals surface area contributed by atoms with Gasteiger partial charge in [-0.2, -0.15) is 0 Å². The van der Waals surface area contributed by atoms with Crippen LogP contribution < -0.4 is 16.0 Å². The molecule has 2 rings (SSSR count). The number of rotatable bonds is 3. The van der Waals surface area contributed by atoms with Crippen LogP contribution in [0.2, 0.25) is 0 Å². The third-order valence-electron chi connectivity index (χ3n) is 3.41. The smallest absolute Gasteiger partial charge is 0.244 e. The molecule has 0 unspecified atom stereocenters. The lowest BCUT2D eigenvalue weighted by atomic mass is 10.1. The van der Waals surface area contributed by atoms with E-state index in [9.17, 15) is 9.59 Å². The van der Waals surface area contributed by atoms with Gasteiger partial charge in [0.05, 0.1) is 12.7 Å². The Labute approximate surface area is 136 Å². The van der Waals surface area contributed by atoms with Gasteiger partial charge < -0.3 is 20.7 Å². The Morgan fingerprint density at radius 1 is 1.32 bits per heavy atom. The normalized spacial score (nSPS) is 20.7. The quantitative estimate of drug-likeness (QED) is 0.789. The number of hydrogen-bond donors (Lipinski definition) is 3. The second kappa shape index (κ2) is 8.12. The Balaban J connectivity index is 0.00000242. The Kier molecular flexibility index (Phi) is 6.80.